The van der Waals surface area contributed by atoms with Gasteiger partial charge in [0.05, 0.1) is 0 Å². The van der Waals surface area contributed by atoms with E-state index in [1.807, 2.05) is 0 Å². The van der Waals surface area contributed by atoms with Crippen molar-refractivity contribution in [1.82, 2.24) is 0 Å². The second kappa shape index (κ2) is 11.5. The van der Waals surface area contributed by atoms with E-state index in [-0.39, 0.29) is 6.71 Å². The number of para-hydroxylation sites is 2. The SMILES string of the molecule is Cc1cc(-c2cc3c4c(c2)Oc2c(C)cccc2B4c2cccc(C)c2O3)cc([Si](c2ccccc2)(c2ccccc2)c2ccccc2)c1. The summed E-state index contributed by atoms with van der Waals surface area (Å²) in [6.45, 7) is 6.55. The summed E-state index contributed by atoms with van der Waals surface area (Å²) in [6, 6.07) is 57.9. The van der Waals surface area contributed by atoms with E-state index in [1.165, 1.54) is 37.2 Å². The average Bonchev–Trinajstić information content (AvgIpc) is 3.14. The summed E-state index contributed by atoms with van der Waals surface area (Å²) < 4.78 is 13.7. The molecule has 0 radical (unpaired) electrons. The van der Waals surface area contributed by atoms with Gasteiger partial charge in [-0.2, -0.15) is 0 Å². The van der Waals surface area contributed by atoms with Crippen molar-refractivity contribution in [3.05, 3.63) is 174 Å². The van der Waals surface area contributed by atoms with E-state index in [2.05, 4.69) is 178 Å². The van der Waals surface area contributed by atoms with Crippen LogP contribution in [0.4, 0.5) is 0 Å². The first-order valence-corrected chi connectivity index (χ1v) is 19.0. The summed E-state index contributed by atoms with van der Waals surface area (Å²) in [4.78, 5) is 0. The van der Waals surface area contributed by atoms with Gasteiger partial charge in [0, 0.05) is 5.46 Å². The van der Waals surface area contributed by atoms with E-state index in [0.29, 0.717) is 0 Å². The Morgan fingerprint density at radius 2 is 0.878 bits per heavy atom. The quantitative estimate of drug-likeness (QED) is 0.160. The first-order valence-electron chi connectivity index (χ1n) is 17.0. The lowest BCUT2D eigenvalue weighted by molar-refractivity contribution is 0.461. The van der Waals surface area contributed by atoms with E-state index in [1.54, 1.807) is 0 Å². The lowest BCUT2D eigenvalue weighted by Gasteiger charge is -2.35. The summed E-state index contributed by atoms with van der Waals surface area (Å²) in [5, 5.41) is 5.43. The molecule has 0 spiro atoms. The minimum Gasteiger partial charge on any atom is -0.458 e. The van der Waals surface area contributed by atoms with Gasteiger partial charge in [-0.05, 0) is 86.8 Å². The predicted molar refractivity (Wildman–Crippen MR) is 207 cm³/mol. The standard InChI is InChI=1S/C45H35BO2Si/c1-30-25-33(27-38(26-30)49(35-17-7-4-8-18-35,36-19-9-5-10-20-36)37-21-11-6-12-22-37)34-28-41-43-42(29-34)48-45-32(3)16-14-24-40(45)46(43)39-23-13-15-31(2)44(39)47-41/h4-29H,1-3H3. The van der Waals surface area contributed by atoms with E-state index >= 15 is 0 Å². The van der Waals surface area contributed by atoms with Crippen molar-refractivity contribution in [3.8, 4) is 34.1 Å². The van der Waals surface area contributed by atoms with Crippen molar-refractivity contribution in [3.63, 3.8) is 0 Å². The topological polar surface area (TPSA) is 18.5 Å². The van der Waals surface area contributed by atoms with Crippen LogP contribution in [0.1, 0.15) is 16.7 Å². The van der Waals surface area contributed by atoms with Crippen molar-refractivity contribution < 1.29 is 9.47 Å². The minimum atomic E-state index is -2.72. The molecule has 0 aliphatic carbocycles. The third-order valence-electron chi connectivity index (χ3n) is 10.4. The largest absolute Gasteiger partial charge is 0.458 e. The second-order valence-corrected chi connectivity index (χ2v) is 17.3. The molecule has 0 saturated carbocycles. The molecule has 0 amide bonds. The van der Waals surface area contributed by atoms with Gasteiger partial charge in [0.25, 0.3) is 6.71 Å². The summed E-state index contributed by atoms with van der Waals surface area (Å²) >= 11 is 0. The van der Waals surface area contributed by atoms with Crippen LogP contribution in [-0.2, 0) is 0 Å². The Morgan fingerprint density at radius 1 is 0.429 bits per heavy atom. The van der Waals surface area contributed by atoms with Crippen LogP contribution in [0.5, 0.6) is 23.0 Å². The number of fused-ring (bicyclic) bond motifs is 4. The highest BCUT2D eigenvalue weighted by molar-refractivity contribution is 7.20. The molecule has 7 aromatic rings. The zero-order chi connectivity index (χ0) is 33.1. The van der Waals surface area contributed by atoms with Crippen LogP contribution in [0.2, 0.25) is 0 Å². The zero-order valence-corrected chi connectivity index (χ0v) is 28.9. The van der Waals surface area contributed by atoms with Crippen LogP contribution in [0, 0.1) is 20.8 Å². The molecule has 0 fully saturated rings. The molecule has 0 N–H and O–H groups in total. The van der Waals surface area contributed by atoms with Gasteiger partial charge in [-0.15, -0.1) is 0 Å². The lowest BCUT2D eigenvalue weighted by Crippen LogP contribution is -2.74. The van der Waals surface area contributed by atoms with Gasteiger partial charge in [0.2, 0.25) is 0 Å². The average molecular weight is 647 g/mol. The third-order valence-corrected chi connectivity index (χ3v) is 15.1. The molecule has 2 aliphatic rings. The lowest BCUT2D eigenvalue weighted by atomic mass is 9.34. The van der Waals surface area contributed by atoms with Gasteiger partial charge in [-0.3, -0.25) is 0 Å². The summed E-state index contributed by atoms with van der Waals surface area (Å²) in [5.74, 6) is 3.64. The first kappa shape index (κ1) is 29.6. The molecule has 49 heavy (non-hydrogen) atoms. The second-order valence-electron chi connectivity index (χ2n) is 13.4. The highest BCUT2D eigenvalue weighted by Gasteiger charge is 2.43. The fourth-order valence-electron chi connectivity index (χ4n) is 8.23. The normalized spacial score (nSPS) is 12.7. The molecule has 0 unspecified atom stereocenters. The number of ether oxygens (including phenoxy) is 2. The van der Waals surface area contributed by atoms with Crippen LogP contribution in [-0.4, -0.2) is 14.8 Å². The van der Waals surface area contributed by atoms with E-state index in [4.69, 9.17) is 9.47 Å². The number of aryl methyl sites for hydroxylation is 3. The Bertz CT molecular complexity index is 2200. The van der Waals surface area contributed by atoms with Crippen LogP contribution in [0.15, 0.2) is 158 Å². The Labute approximate surface area is 289 Å². The smallest absolute Gasteiger partial charge is 0.260 e. The highest BCUT2D eigenvalue weighted by atomic mass is 28.3. The van der Waals surface area contributed by atoms with Crippen molar-refractivity contribution in [2.75, 3.05) is 0 Å². The minimum absolute atomic E-state index is 0.0497. The molecule has 0 bridgehead atoms. The molecule has 0 aromatic heterocycles. The Balaban J connectivity index is 1.29. The monoisotopic (exact) mass is 646 g/mol. The summed E-state index contributed by atoms with van der Waals surface area (Å²) in [7, 11) is -2.72. The van der Waals surface area contributed by atoms with Gasteiger partial charge in [0.1, 0.15) is 23.0 Å². The van der Waals surface area contributed by atoms with Crippen molar-refractivity contribution in [2.24, 2.45) is 0 Å². The fraction of sp³-hybridized carbons (Fsp3) is 0.0667. The van der Waals surface area contributed by atoms with Crippen LogP contribution < -0.4 is 46.6 Å². The molecule has 7 aromatic carbocycles. The summed E-state index contributed by atoms with van der Waals surface area (Å²) in [5.41, 5.74) is 9.23. The fourth-order valence-corrected chi connectivity index (χ4v) is 13.1. The van der Waals surface area contributed by atoms with Gasteiger partial charge in [-0.1, -0.05) is 151 Å². The van der Waals surface area contributed by atoms with Crippen molar-refractivity contribution in [2.45, 2.75) is 20.8 Å². The number of hydrogen-bond donors (Lipinski definition) is 0. The van der Waals surface area contributed by atoms with Crippen LogP contribution >= 0.6 is 0 Å². The van der Waals surface area contributed by atoms with Gasteiger partial charge < -0.3 is 9.47 Å². The van der Waals surface area contributed by atoms with Gasteiger partial charge >= 0.3 is 0 Å². The molecular formula is C45H35BO2Si. The molecule has 2 nitrogen and oxygen atoms in total. The Kier molecular flexibility index (Phi) is 6.96. The number of hydrogen-bond acceptors (Lipinski definition) is 2. The van der Waals surface area contributed by atoms with E-state index in [0.717, 1.165) is 50.7 Å². The highest BCUT2D eigenvalue weighted by Crippen LogP contribution is 2.40. The van der Waals surface area contributed by atoms with Crippen LogP contribution in [0.3, 0.4) is 0 Å². The van der Waals surface area contributed by atoms with Gasteiger partial charge in [-0.25, -0.2) is 0 Å². The number of rotatable bonds is 5. The van der Waals surface area contributed by atoms with Crippen molar-refractivity contribution >= 4 is 51.9 Å². The zero-order valence-electron chi connectivity index (χ0n) is 27.9. The molecule has 2 aliphatic heterocycles. The van der Waals surface area contributed by atoms with Gasteiger partial charge in [0.15, 0.2) is 8.07 Å². The Morgan fingerprint density at radius 3 is 1.35 bits per heavy atom. The van der Waals surface area contributed by atoms with E-state index < -0.39 is 8.07 Å². The predicted octanol–water partition coefficient (Wildman–Crippen LogP) is 6.38. The molecule has 2 heterocycles. The Hall–Kier alpha value is -5.58. The first-order chi connectivity index (χ1) is 24.0. The van der Waals surface area contributed by atoms with Crippen LogP contribution in [0.25, 0.3) is 11.1 Å². The molecule has 9 rings (SSSR count). The maximum absolute atomic E-state index is 6.83. The number of benzene rings is 7. The summed E-state index contributed by atoms with van der Waals surface area (Å²) in [6.07, 6.45) is 0. The van der Waals surface area contributed by atoms with E-state index in [9.17, 15) is 0 Å². The molecular weight excluding hydrogens is 611 g/mol. The maximum atomic E-state index is 6.83. The molecule has 234 valence electrons. The van der Waals surface area contributed by atoms with Crippen molar-refractivity contribution in [1.29, 1.82) is 0 Å². The molecule has 4 heteroatoms. The molecule has 0 saturated heterocycles. The maximum Gasteiger partial charge on any atom is 0.260 e. The molecule has 0 atom stereocenters. The third kappa shape index (κ3) is 4.62.